The molecule has 0 unspecified atom stereocenters. The molecule has 0 radical (unpaired) electrons. The van der Waals surface area contributed by atoms with E-state index in [1.807, 2.05) is 0 Å². The number of ether oxygens (including phenoxy) is 1. The van der Waals surface area contributed by atoms with Gasteiger partial charge in [0.05, 0.1) is 6.61 Å². The summed E-state index contributed by atoms with van der Waals surface area (Å²) < 4.78 is 10.4. The Morgan fingerprint density at radius 2 is 2.22 bits per heavy atom. The molecule has 1 heterocycles. The first-order chi connectivity index (χ1) is 8.61. The maximum atomic E-state index is 12.1. The number of hydrogen-bond donors (Lipinski definition) is 1. The van der Waals surface area contributed by atoms with Crippen molar-refractivity contribution in [3.63, 3.8) is 0 Å². The van der Waals surface area contributed by atoms with Crippen LogP contribution in [0.5, 0.6) is 0 Å². The van der Waals surface area contributed by atoms with Crippen molar-refractivity contribution in [3.05, 3.63) is 30.0 Å². The van der Waals surface area contributed by atoms with E-state index in [0.29, 0.717) is 30.2 Å². The van der Waals surface area contributed by atoms with E-state index < -0.39 is 0 Å². The largest absolute Gasteiger partial charge is 0.451 e. The summed E-state index contributed by atoms with van der Waals surface area (Å²) in [5, 5.41) is 0.832. The van der Waals surface area contributed by atoms with E-state index in [1.165, 1.54) is 0 Å². The Kier molecular flexibility index (Phi) is 3.53. The number of anilines is 1. The average molecular weight is 248 g/mol. The monoisotopic (exact) mass is 248 g/mol. The van der Waals surface area contributed by atoms with Crippen molar-refractivity contribution in [3.8, 4) is 0 Å². The highest BCUT2D eigenvalue weighted by Gasteiger charge is 2.16. The number of furan rings is 1. The second kappa shape index (κ2) is 5.10. The molecular formula is C13H16N2O3. The zero-order chi connectivity index (χ0) is 13.1. The molecule has 0 aliphatic rings. The molecule has 5 nitrogen and oxygen atoms in total. The first kappa shape index (κ1) is 12.4. The minimum atomic E-state index is -0.165. The van der Waals surface area contributed by atoms with E-state index in [4.69, 9.17) is 14.9 Å². The number of hydrogen-bond acceptors (Lipinski definition) is 4. The molecule has 2 N–H and O–H groups in total. The number of carbonyl (C=O) groups excluding carboxylic acids is 1. The third-order valence-electron chi connectivity index (χ3n) is 2.73. The van der Waals surface area contributed by atoms with E-state index >= 15 is 0 Å². The van der Waals surface area contributed by atoms with Gasteiger partial charge in [-0.1, -0.05) is 0 Å². The lowest BCUT2D eigenvalue weighted by atomic mass is 10.2. The lowest BCUT2D eigenvalue weighted by Gasteiger charge is -2.14. The van der Waals surface area contributed by atoms with Gasteiger partial charge in [0.15, 0.2) is 5.76 Å². The molecule has 0 atom stereocenters. The quantitative estimate of drug-likeness (QED) is 0.837. The fraction of sp³-hybridized carbons (Fsp3) is 0.308. The van der Waals surface area contributed by atoms with Gasteiger partial charge in [0.1, 0.15) is 5.58 Å². The van der Waals surface area contributed by atoms with Crippen LogP contribution >= 0.6 is 0 Å². The minimum absolute atomic E-state index is 0.165. The minimum Gasteiger partial charge on any atom is -0.451 e. The van der Waals surface area contributed by atoms with Crippen molar-refractivity contribution >= 4 is 22.6 Å². The molecule has 1 aromatic carbocycles. The van der Waals surface area contributed by atoms with Crippen LogP contribution in [0.25, 0.3) is 11.0 Å². The molecule has 0 saturated carbocycles. The molecule has 0 spiro atoms. The Bertz CT molecular complexity index is 562. The fourth-order valence-electron chi connectivity index (χ4n) is 1.69. The molecule has 0 aliphatic carbocycles. The highest BCUT2D eigenvalue weighted by Crippen LogP contribution is 2.22. The lowest BCUT2D eigenvalue weighted by molar-refractivity contribution is 0.0716. The predicted octanol–water partition coefficient (Wildman–Crippen LogP) is 1.73. The van der Waals surface area contributed by atoms with E-state index in [0.717, 1.165) is 5.39 Å². The van der Waals surface area contributed by atoms with Crippen LogP contribution in [0.4, 0.5) is 5.69 Å². The molecule has 96 valence electrons. The molecule has 0 aliphatic heterocycles. The third kappa shape index (κ3) is 2.46. The number of fused-ring (bicyclic) bond motifs is 1. The number of rotatable bonds is 4. The summed E-state index contributed by atoms with van der Waals surface area (Å²) in [5.41, 5.74) is 6.99. The van der Waals surface area contributed by atoms with E-state index in [-0.39, 0.29) is 5.91 Å². The van der Waals surface area contributed by atoms with Gasteiger partial charge < -0.3 is 19.8 Å². The molecule has 2 aromatic rings. The number of benzene rings is 1. The van der Waals surface area contributed by atoms with Gasteiger partial charge in [-0.3, -0.25) is 4.79 Å². The maximum absolute atomic E-state index is 12.1. The zero-order valence-electron chi connectivity index (χ0n) is 10.5. The van der Waals surface area contributed by atoms with Crippen molar-refractivity contribution < 1.29 is 13.9 Å². The Morgan fingerprint density at radius 1 is 1.44 bits per heavy atom. The molecule has 0 fully saturated rings. The fourth-order valence-corrected chi connectivity index (χ4v) is 1.69. The van der Waals surface area contributed by atoms with Gasteiger partial charge in [0.25, 0.3) is 5.91 Å². The SMILES string of the molecule is COCCN(C)C(=O)c1cc2cc(N)ccc2o1. The summed E-state index contributed by atoms with van der Waals surface area (Å²) in [6, 6.07) is 6.99. The van der Waals surface area contributed by atoms with Crippen LogP contribution in [0.2, 0.25) is 0 Å². The Labute approximate surface area is 105 Å². The number of likely N-dealkylation sites (N-methyl/N-ethyl adjacent to an activating group) is 1. The Hall–Kier alpha value is -2.01. The van der Waals surface area contributed by atoms with Gasteiger partial charge in [0, 0.05) is 31.8 Å². The molecule has 18 heavy (non-hydrogen) atoms. The van der Waals surface area contributed by atoms with Crippen LogP contribution in [-0.4, -0.2) is 38.1 Å². The van der Waals surface area contributed by atoms with E-state index in [1.54, 1.807) is 43.3 Å². The van der Waals surface area contributed by atoms with Gasteiger partial charge in [-0.05, 0) is 24.3 Å². The van der Waals surface area contributed by atoms with E-state index in [9.17, 15) is 4.79 Å². The zero-order valence-corrected chi connectivity index (χ0v) is 10.5. The molecular weight excluding hydrogens is 232 g/mol. The normalized spacial score (nSPS) is 10.8. The average Bonchev–Trinajstić information content (AvgIpc) is 2.77. The standard InChI is InChI=1S/C13H16N2O3/c1-15(5-6-17-2)13(16)12-8-9-7-10(14)3-4-11(9)18-12/h3-4,7-8H,5-6,14H2,1-2H3. The van der Waals surface area contributed by atoms with Crippen LogP contribution in [0.3, 0.4) is 0 Å². The first-order valence-corrected chi connectivity index (χ1v) is 5.65. The van der Waals surface area contributed by atoms with Crippen LogP contribution in [-0.2, 0) is 4.74 Å². The van der Waals surface area contributed by atoms with Crippen molar-refractivity contribution in [2.45, 2.75) is 0 Å². The smallest absolute Gasteiger partial charge is 0.289 e. The van der Waals surface area contributed by atoms with Gasteiger partial charge >= 0.3 is 0 Å². The highest BCUT2D eigenvalue weighted by atomic mass is 16.5. The number of methoxy groups -OCH3 is 1. The molecule has 0 saturated heterocycles. The van der Waals surface area contributed by atoms with Crippen molar-refractivity contribution in [1.29, 1.82) is 0 Å². The number of amides is 1. The van der Waals surface area contributed by atoms with Crippen LogP contribution in [0, 0.1) is 0 Å². The number of nitrogens with zero attached hydrogens (tertiary/aromatic N) is 1. The summed E-state index contributed by atoms with van der Waals surface area (Å²) in [6.45, 7) is 1.02. The molecule has 1 amide bonds. The van der Waals surface area contributed by atoms with Crippen molar-refractivity contribution in [2.75, 3.05) is 33.0 Å². The Morgan fingerprint density at radius 3 is 2.94 bits per heavy atom. The van der Waals surface area contributed by atoms with Gasteiger partial charge in [-0.25, -0.2) is 0 Å². The van der Waals surface area contributed by atoms with Crippen molar-refractivity contribution in [2.24, 2.45) is 0 Å². The summed E-state index contributed by atoms with van der Waals surface area (Å²) in [5.74, 6) is 0.149. The molecule has 2 rings (SSSR count). The number of nitrogen functional groups attached to an aromatic ring is 1. The van der Waals surface area contributed by atoms with Crippen LogP contribution in [0.15, 0.2) is 28.7 Å². The van der Waals surface area contributed by atoms with Crippen LogP contribution in [0.1, 0.15) is 10.6 Å². The summed E-state index contributed by atoms with van der Waals surface area (Å²) in [4.78, 5) is 13.6. The second-order valence-corrected chi connectivity index (χ2v) is 4.13. The van der Waals surface area contributed by atoms with E-state index in [2.05, 4.69) is 0 Å². The van der Waals surface area contributed by atoms with Gasteiger partial charge in [-0.2, -0.15) is 0 Å². The first-order valence-electron chi connectivity index (χ1n) is 5.65. The molecule has 1 aromatic heterocycles. The third-order valence-corrected chi connectivity index (χ3v) is 2.73. The summed E-state index contributed by atoms with van der Waals surface area (Å²) in [6.07, 6.45) is 0. The number of nitrogens with two attached hydrogens (primary N) is 1. The van der Waals surface area contributed by atoms with Crippen LogP contribution < -0.4 is 5.73 Å². The highest BCUT2D eigenvalue weighted by molar-refractivity contribution is 5.96. The summed E-state index contributed by atoms with van der Waals surface area (Å²) in [7, 11) is 3.31. The maximum Gasteiger partial charge on any atom is 0.289 e. The number of carbonyl (C=O) groups is 1. The lowest BCUT2D eigenvalue weighted by Crippen LogP contribution is -2.29. The summed E-state index contributed by atoms with van der Waals surface area (Å²) >= 11 is 0. The van der Waals surface area contributed by atoms with Crippen molar-refractivity contribution in [1.82, 2.24) is 4.90 Å². The van der Waals surface area contributed by atoms with Gasteiger partial charge in [-0.15, -0.1) is 0 Å². The molecule has 0 bridgehead atoms. The Balaban J connectivity index is 2.22. The predicted molar refractivity (Wildman–Crippen MR) is 69.5 cm³/mol. The molecule has 5 heteroatoms. The second-order valence-electron chi connectivity index (χ2n) is 4.13. The topological polar surface area (TPSA) is 68.7 Å². The van der Waals surface area contributed by atoms with Gasteiger partial charge in [0.2, 0.25) is 0 Å².